The highest BCUT2D eigenvalue weighted by atomic mass is 35.5. The van der Waals surface area contributed by atoms with Crippen LogP contribution in [0.2, 0.25) is 5.02 Å². The molecule has 0 atom stereocenters. The number of nitro benzene ring substituents is 1. The van der Waals surface area contributed by atoms with Gasteiger partial charge in [-0.2, -0.15) is 0 Å². The molecule has 1 fully saturated rings. The Kier molecular flexibility index (Phi) is 6.39. The number of nitro groups is 1. The second-order valence-corrected chi connectivity index (χ2v) is 6.72. The van der Waals surface area contributed by atoms with Crippen molar-refractivity contribution < 1.29 is 14.5 Å². The Morgan fingerprint density at radius 2 is 1.93 bits per heavy atom. The summed E-state index contributed by atoms with van der Waals surface area (Å²) in [6.07, 6.45) is 0. The molecule has 1 aliphatic heterocycles. The minimum atomic E-state index is -0.548. The molecule has 27 heavy (non-hydrogen) atoms. The van der Waals surface area contributed by atoms with E-state index in [4.69, 9.17) is 16.3 Å². The first kappa shape index (κ1) is 19.3. The van der Waals surface area contributed by atoms with Gasteiger partial charge in [-0.25, -0.2) is 0 Å². The number of hydrogen-bond acceptors (Lipinski definition) is 5. The summed E-state index contributed by atoms with van der Waals surface area (Å²) in [7, 11) is 0. The van der Waals surface area contributed by atoms with Crippen molar-refractivity contribution in [2.75, 3.05) is 26.3 Å². The third-order valence-electron chi connectivity index (χ3n) is 4.36. The topological polar surface area (TPSA) is 84.7 Å². The molecule has 8 heteroatoms. The van der Waals surface area contributed by atoms with E-state index in [9.17, 15) is 14.9 Å². The van der Waals surface area contributed by atoms with Crippen molar-refractivity contribution in [2.45, 2.75) is 13.1 Å². The molecular weight excluding hydrogens is 370 g/mol. The van der Waals surface area contributed by atoms with Gasteiger partial charge in [-0.15, -0.1) is 0 Å². The number of morpholine rings is 1. The molecule has 2 aromatic carbocycles. The lowest BCUT2D eigenvalue weighted by molar-refractivity contribution is -0.384. The van der Waals surface area contributed by atoms with Gasteiger partial charge >= 0.3 is 0 Å². The van der Waals surface area contributed by atoms with Crippen LogP contribution in [0.15, 0.2) is 42.5 Å². The smallest absolute Gasteiger partial charge is 0.270 e. The third kappa shape index (κ3) is 5.26. The summed E-state index contributed by atoms with van der Waals surface area (Å²) < 4.78 is 5.36. The molecular formula is C19H20ClN3O4. The van der Waals surface area contributed by atoms with Crippen molar-refractivity contribution in [3.63, 3.8) is 0 Å². The van der Waals surface area contributed by atoms with E-state index in [-0.39, 0.29) is 22.2 Å². The number of amides is 1. The standard InChI is InChI=1S/C19H20ClN3O4/c20-18-11-16(23(25)26)4-5-17(18)19(24)21-12-14-2-1-3-15(10-14)13-22-6-8-27-9-7-22/h1-5,10-11H,6-9,12-13H2,(H,21,24). The number of halogens is 1. The normalized spacial score (nSPS) is 14.7. The van der Waals surface area contributed by atoms with Gasteiger partial charge in [-0.3, -0.25) is 19.8 Å². The summed E-state index contributed by atoms with van der Waals surface area (Å²) in [5.74, 6) is -0.367. The van der Waals surface area contributed by atoms with Crippen LogP contribution < -0.4 is 5.32 Å². The minimum Gasteiger partial charge on any atom is -0.379 e. The fraction of sp³-hybridized carbons (Fsp3) is 0.316. The van der Waals surface area contributed by atoms with Crippen molar-refractivity contribution in [3.8, 4) is 0 Å². The Morgan fingerprint density at radius 3 is 2.63 bits per heavy atom. The Hall–Kier alpha value is -2.48. The lowest BCUT2D eigenvalue weighted by Gasteiger charge is -2.26. The summed E-state index contributed by atoms with van der Waals surface area (Å²) in [6, 6.07) is 11.9. The van der Waals surface area contributed by atoms with Crippen molar-refractivity contribution in [1.82, 2.24) is 10.2 Å². The van der Waals surface area contributed by atoms with Crippen LogP contribution in [0.1, 0.15) is 21.5 Å². The number of carbonyl (C=O) groups excluding carboxylic acids is 1. The van der Waals surface area contributed by atoms with Crippen molar-refractivity contribution >= 4 is 23.2 Å². The number of non-ortho nitro benzene ring substituents is 1. The van der Waals surface area contributed by atoms with Crippen LogP contribution in [0.4, 0.5) is 5.69 Å². The lowest BCUT2D eigenvalue weighted by atomic mass is 10.1. The largest absolute Gasteiger partial charge is 0.379 e. The molecule has 1 aliphatic rings. The molecule has 0 bridgehead atoms. The molecule has 0 aromatic heterocycles. The Balaban J connectivity index is 1.60. The number of nitrogens with zero attached hydrogens (tertiary/aromatic N) is 2. The summed E-state index contributed by atoms with van der Waals surface area (Å²) in [5.41, 5.74) is 2.23. The van der Waals surface area contributed by atoms with E-state index in [0.29, 0.717) is 6.54 Å². The SMILES string of the molecule is O=C(NCc1cccc(CN2CCOCC2)c1)c1ccc([N+](=O)[O-])cc1Cl. The molecule has 0 aliphatic carbocycles. The van der Waals surface area contributed by atoms with Crippen LogP contribution in [0, 0.1) is 10.1 Å². The fourth-order valence-corrected chi connectivity index (χ4v) is 3.20. The van der Waals surface area contributed by atoms with E-state index >= 15 is 0 Å². The molecule has 0 radical (unpaired) electrons. The van der Waals surface area contributed by atoms with E-state index in [0.717, 1.165) is 38.4 Å². The lowest BCUT2D eigenvalue weighted by Crippen LogP contribution is -2.35. The zero-order valence-corrected chi connectivity index (χ0v) is 15.4. The van der Waals surface area contributed by atoms with Crippen LogP contribution in [-0.2, 0) is 17.8 Å². The molecule has 0 saturated carbocycles. The molecule has 0 unspecified atom stereocenters. The zero-order valence-electron chi connectivity index (χ0n) is 14.7. The van der Waals surface area contributed by atoms with E-state index < -0.39 is 4.92 Å². The number of hydrogen-bond donors (Lipinski definition) is 1. The van der Waals surface area contributed by atoms with Crippen LogP contribution in [0.25, 0.3) is 0 Å². The minimum absolute atomic E-state index is 0.0581. The predicted molar refractivity (Wildman–Crippen MR) is 102 cm³/mol. The molecule has 2 aromatic rings. The average Bonchev–Trinajstić information content (AvgIpc) is 2.67. The second-order valence-electron chi connectivity index (χ2n) is 6.31. The number of rotatable bonds is 6. The highest BCUT2D eigenvalue weighted by Crippen LogP contribution is 2.22. The van der Waals surface area contributed by atoms with E-state index in [2.05, 4.69) is 22.3 Å². The van der Waals surface area contributed by atoms with Gasteiger partial charge in [0.1, 0.15) is 0 Å². The van der Waals surface area contributed by atoms with Crippen LogP contribution in [0.5, 0.6) is 0 Å². The average molecular weight is 390 g/mol. The van der Waals surface area contributed by atoms with Crippen molar-refractivity contribution in [3.05, 3.63) is 74.3 Å². The third-order valence-corrected chi connectivity index (χ3v) is 4.68. The second kappa shape index (κ2) is 8.94. The van der Waals surface area contributed by atoms with E-state index in [1.165, 1.54) is 23.8 Å². The monoisotopic (exact) mass is 389 g/mol. The maximum Gasteiger partial charge on any atom is 0.270 e. The first-order valence-corrected chi connectivity index (χ1v) is 9.01. The quantitative estimate of drug-likeness (QED) is 0.606. The van der Waals surface area contributed by atoms with Gasteiger partial charge in [0.05, 0.1) is 28.7 Å². The summed E-state index contributed by atoms with van der Waals surface area (Å²) >= 11 is 6.00. The van der Waals surface area contributed by atoms with Gasteiger partial charge in [-0.05, 0) is 17.2 Å². The molecule has 0 spiro atoms. The molecule has 7 nitrogen and oxygen atoms in total. The molecule has 1 N–H and O–H groups in total. The van der Waals surface area contributed by atoms with Crippen molar-refractivity contribution in [1.29, 1.82) is 0 Å². The summed E-state index contributed by atoms with van der Waals surface area (Å²) in [5, 5.41) is 13.6. The number of ether oxygens (including phenoxy) is 1. The number of nitrogens with one attached hydrogen (secondary N) is 1. The highest BCUT2D eigenvalue weighted by molar-refractivity contribution is 6.34. The van der Waals surface area contributed by atoms with E-state index in [1.807, 2.05) is 12.1 Å². The molecule has 1 amide bonds. The zero-order chi connectivity index (χ0) is 19.2. The number of benzene rings is 2. The first-order chi connectivity index (χ1) is 13.0. The maximum atomic E-state index is 12.3. The van der Waals surface area contributed by atoms with Gasteiger partial charge in [0.2, 0.25) is 0 Å². The molecule has 3 rings (SSSR count). The van der Waals surface area contributed by atoms with E-state index in [1.54, 1.807) is 0 Å². The van der Waals surface area contributed by atoms with Gasteiger partial charge in [0, 0.05) is 38.3 Å². The fourth-order valence-electron chi connectivity index (χ4n) is 2.93. The van der Waals surface area contributed by atoms with Crippen molar-refractivity contribution in [2.24, 2.45) is 0 Å². The molecule has 1 heterocycles. The summed E-state index contributed by atoms with van der Waals surface area (Å²) in [6.45, 7) is 4.54. The van der Waals surface area contributed by atoms with Crippen LogP contribution >= 0.6 is 11.6 Å². The predicted octanol–water partition coefficient (Wildman–Crippen LogP) is 3.01. The molecule has 142 valence electrons. The van der Waals surface area contributed by atoms with Gasteiger partial charge < -0.3 is 10.1 Å². The molecule has 1 saturated heterocycles. The van der Waals surface area contributed by atoms with Gasteiger partial charge in [-0.1, -0.05) is 35.9 Å². The van der Waals surface area contributed by atoms with Gasteiger partial charge in [0.25, 0.3) is 11.6 Å². The van der Waals surface area contributed by atoms with Gasteiger partial charge in [0.15, 0.2) is 0 Å². The highest BCUT2D eigenvalue weighted by Gasteiger charge is 2.15. The Bertz CT molecular complexity index is 837. The maximum absolute atomic E-state index is 12.3. The summed E-state index contributed by atoms with van der Waals surface area (Å²) in [4.78, 5) is 24.9. The number of carbonyl (C=O) groups is 1. The van der Waals surface area contributed by atoms with Crippen LogP contribution in [0.3, 0.4) is 0 Å². The first-order valence-electron chi connectivity index (χ1n) is 8.63. The Morgan fingerprint density at radius 1 is 1.19 bits per heavy atom. The van der Waals surface area contributed by atoms with Crippen LogP contribution in [-0.4, -0.2) is 42.0 Å². The Labute approximate surface area is 162 Å².